The topological polar surface area (TPSA) is 26.0 Å². The van der Waals surface area contributed by atoms with Crippen molar-refractivity contribution in [2.24, 2.45) is 5.73 Å². The van der Waals surface area contributed by atoms with E-state index < -0.39 is 0 Å². The average Bonchev–Trinajstić information content (AvgIpc) is 1.67. The van der Waals surface area contributed by atoms with Crippen LogP contribution in [0.3, 0.4) is 0 Å². The molecule has 0 aliphatic rings. The summed E-state index contributed by atoms with van der Waals surface area (Å²) in [5, 5.41) is 0. The first-order valence-electron chi connectivity index (χ1n) is 2.93. The van der Waals surface area contributed by atoms with Gasteiger partial charge in [0.25, 0.3) is 0 Å². The molecular formula is C6H15IN-. The fraction of sp³-hybridized carbons (Fsp3) is 1.00. The number of hydrogen-bond donors (Lipinski definition) is 1. The second kappa shape index (κ2) is 3.67. The Morgan fingerprint density at radius 3 is 2.12 bits per heavy atom. The van der Waals surface area contributed by atoms with Crippen LogP contribution in [0.2, 0.25) is 0 Å². The van der Waals surface area contributed by atoms with Crippen LogP contribution < -0.4 is 26.9 Å². The maximum absolute atomic E-state index is 5.52. The van der Waals surface area contributed by atoms with E-state index in [0.717, 1.165) is 6.54 Å². The van der Waals surface area contributed by atoms with Gasteiger partial charge >= 0.3 is 62.1 Å². The molecule has 0 aliphatic carbocycles. The van der Waals surface area contributed by atoms with E-state index in [0.29, 0.717) is 24.6 Å². The Morgan fingerprint density at radius 2 is 2.00 bits per heavy atom. The Hall–Kier alpha value is 0.690. The number of rotatable bonds is 3. The molecule has 0 amide bonds. The minimum atomic E-state index is 0.357. The second-order valence-electron chi connectivity index (χ2n) is 2.32. The standard InChI is InChI=1S/C6H15IN/c1-4-7-6(2,3)5-8/h4-5,8H2,1-3H3/q-1. The zero-order valence-corrected chi connectivity index (χ0v) is 8.03. The van der Waals surface area contributed by atoms with Gasteiger partial charge in [-0.3, -0.25) is 0 Å². The third-order valence-corrected chi connectivity index (χ3v) is 4.25. The molecule has 0 saturated carbocycles. The molecule has 0 aliphatic heterocycles. The molecule has 0 spiro atoms. The van der Waals surface area contributed by atoms with Gasteiger partial charge in [0.1, 0.15) is 0 Å². The van der Waals surface area contributed by atoms with Crippen LogP contribution in [0.15, 0.2) is 0 Å². The maximum atomic E-state index is 5.52. The Balaban J connectivity index is 3.37. The van der Waals surface area contributed by atoms with Gasteiger partial charge in [-0.1, -0.05) is 0 Å². The molecule has 2 heteroatoms. The van der Waals surface area contributed by atoms with Crippen LogP contribution in [-0.2, 0) is 0 Å². The molecule has 1 nitrogen and oxygen atoms in total. The summed E-state index contributed by atoms with van der Waals surface area (Å²) in [5.74, 6) is 0. The van der Waals surface area contributed by atoms with Crippen LogP contribution in [0, 0.1) is 0 Å². The molecule has 0 bridgehead atoms. The van der Waals surface area contributed by atoms with E-state index in [1.807, 2.05) is 0 Å². The predicted octanol–water partition coefficient (Wildman–Crippen LogP) is -2.17. The number of nitrogens with two attached hydrogens (primary N) is 1. The van der Waals surface area contributed by atoms with E-state index in [2.05, 4.69) is 20.8 Å². The van der Waals surface area contributed by atoms with E-state index in [-0.39, 0.29) is 0 Å². The molecule has 0 aromatic heterocycles. The van der Waals surface area contributed by atoms with Crippen LogP contribution in [0.5, 0.6) is 0 Å². The monoisotopic (exact) mass is 228 g/mol. The normalized spacial score (nSPS) is 12.5. The van der Waals surface area contributed by atoms with Gasteiger partial charge in [0.05, 0.1) is 0 Å². The van der Waals surface area contributed by atoms with Crippen LogP contribution in [0.4, 0.5) is 0 Å². The Bertz CT molecular complexity index is 61.5. The first-order valence-corrected chi connectivity index (χ1v) is 5.53. The van der Waals surface area contributed by atoms with Gasteiger partial charge in [-0.15, -0.1) is 0 Å². The van der Waals surface area contributed by atoms with Crippen molar-refractivity contribution in [3.63, 3.8) is 0 Å². The molecule has 0 fully saturated rings. The van der Waals surface area contributed by atoms with Crippen molar-refractivity contribution >= 4 is 0 Å². The van der Waals surface area contributed by atoms with Gasteiger partial charge in [0, 0.05) is 0 Å². The zero-order chi connectivity index (χ0) is 6.62. The first kappa shape index (κ1) is 8.69. The molecule has 0 unspecified atom stereocenters. The Labute approximate surface area is 62.3 Å². The number of hydrogen-bond acceptors (Lipinski definition) is 1. The molecule has 0 atom stereocenters. The van der Waals surface area contributed by atoms with Crippen molar-refractivity contribution in [2.45, 2.75) is 24.2 Å². The fourth-order valence-electron chi connectivity index (χ4n) is 0.416. The summed E-state index contributed by atoms with van der Waals surface area (Å²) in [6.07, 6.45) is 0. The van der Waals surface area contributed by atoms with E-state index in [9.17, 15) is 0 Å². The average molecular weight is 228 g/mol. The van der Waals surface area contributed by atoms with Crippen molar-refractivity contribution in [1.82, 2.24) is 0 Å². The Kier molecular flexibility index (Phi) is 3.98. The third kappa shape index (κ3) is 3.66. The molecule has 0 saturated heterocycles. The summed E-state index contributed by atoms with van der Waals surface area (Å²) in [6, 6.07) is 0. The van der Waals surface area contributed by atoms with Gasteiger partial charge in [-0.05, 0) is 0 Å². The Morgan fingerprint density at radius 1 is 1.50 bits per heavy atom. The van der Waals surface area contributed by atoms with Crippen molar-refractivity contribution in [1.29, 1.82) is 0 Å². The molecule has 2 N–H and O–H groups in total. The van der Waals surface area contributed by atoms with Crippen molar-refractivity contribution < 1.29 is 21.2 Å². The van der Waals surface area contributed by atoms with E-state index in [4.69, 9.17) is 5.73 Å². The van der Waals surface area contributed by atoms with Gasteiger partial charge in [0.2, 0.25) is 0 Å². The molecule has 0 aromatic carbocycles. The van der Waals surface area contributed by atoms with Crippen LogP contribution >= 0.6 is 0 Å². The van der Waals surface area contributed by atoms with Gasteiger partial charge in [0.15, 0.2) is 0 Å². The van der Waals surface area contributed by atoms with E-state index >= 15 is 0 Å². The van der Waals surface area contributed by atoms with E-state index in [1.54, 1.807) is 0 Å². The first-order chi connectivity index (χ1) is 3.62. The molecule has 0 heterocycles. The van der Waals surface area contributed by atoms with Gasteiger partial charge < -0.3 is 0 Å². The van der Waals surface area contributed by atoms with Crippen molar-refractivity contribution in [2.75, 3.05) is 11.0 Å². The molecule has 8 heavy (non-hydrogen) atoms. The summed E-state index contributed by atoms with van der Waals surface area (Å²) in [4.78, 5) is 0. The molecule has 0 radical (unpaired) electrons. The van der Waals surface area contributed by atoms with Crippen molar-refractivity contribution in [3.8, 4) is 0 Å². The summed E-state index contributed by atoms with van der Waals surface area (Å²) in [7, 11) is 0. The zero-order valence-electron chi connectivity index (χ0n) is 5.87. The summed E-state index contributed by atoms with van der Waals surface area (Å²) >= 11 is 0.357. The number of halogens is 1. The summed E-state index contributed by atoms with van der Waals surface area (Å²) < 4.78 is 1.83. The molecule has 0 rings (SSSR count). The quantitative estimate of drug-likeness (QED) is 0.432. The molecule has 52 valence electrons. The van der Waals surface area contributed by atoms with Crippen LogP contribution in [0.25, 0.3) is 0 Å². The predicted molar refractivity (Wildman–Crippen MR) is 33.7 cm³/mol. The summed E-state index contributed by atoms with van der Waals surface area (Å²) in [5.41, 5.74) is 5.52. The fourth-order valence-corrected chi connectivity index (χ4v) is 2.79. The second-order valence-corrected chi connectivity index (χ2v) is 7.53. The van der Waals surface area contributed by atoms with Gasteiger partial charge in [-0.2, -0.15) is 0 Å². The van der Waals surface area contributed by atoms with Gasteiger partial charge in [-0.25, -0.2) is 0 Å². The third-order valence-electron chi connectivity index (χ3n) is 0.981. The SMILES string of the molecule is CC[I-]C(C)(C)CN. The minimum absolute atomic E-state index is 0.357. The summed E-state index contributed by atoms with van der Waals surface area (Å²) in [6.45, 7) is 7.60. The van der Waals surface area contributed by atoms with Crippen LogP contribution in [-0.4, -0.2) is 14.4 Å². The molecule has 0 aromatic rings. The molecular weight excluding hydrogens is 213 g/mol. The number of alkyl halides is 2. The van der Waals surface area contributed by atoms with Crippen LogP contribution in [0.1, 0.15) is 20.8 Å². The van der Waals surface area contributed by atoms with E-state index in [1.165, 1.54) is 4.43 Å². The van der Waals surface area contributed by atoms with Crippen molar-refractivity contribution in [3.05, 3.63) is 0 Å².